The van der Waals surface area contributed by atoms with Crippen LogP contribution in [0.25, 0.3) is 0 Å². The topological polar surface area (TPSA) is 231 Å². The number of ether oxygens (including phenoxy) is 6. The van der Waals surface area contributed by atoms with E-state index in [0.29, 0.717) is 115 Å². The highest BCUT2D eigenvalue weighted by Crippen LogP contribution is 2.41. The highest BCUT2D eigenvalue weighted by atomic mass is 35.5. The zero-order chi connectivity index (χ0) is 82.6. The Morgan fingerprint density at radius 2 is 0.846 bits per heavy atom. The second-order valence-corrected chi connectivity index (χ2v) is 28.6. The minimum atomic E-state index is -0.379. The van der Waals surface area contributed by atoms with Gasteiger partial charge in [0.05, 0.1) is 29.3 Å². The summed E-state index contributed by atoms with van der Waals surface area (Å²) in [6, 6.07) is 82.7. The Morgan fingerprint density at radius 1 is 0.410 bits per heavy atom. The van der Waals surface area contributed by atoms with Gasteiger partial charge in [0.25, 0.3) is 0 Å². The third kappa shape index (κ3) is 26.3. The third-order valence-electron chi connectivity index (χ3n) is 18.0. The number of carbonyl (C=O) groups excluding carboxylic acids is 5. The summed E-state index contributed by atoms with van der Waals surface area (Å²) in [7, 11) is 0. The fourth-order valence-corrected chi connectivity index (χ4v) is 12.8. The SMILES string of the molecule is CC(=O)N1CCC(Nc2ccccc2CN(C(C)=O)c2ccccc2Oc2ccc(Cl)cc2)CC1.CC(=O)Nc1cc2c(cc1CNc1ccccc1Oc1ccc(Cl)cc1)OCO2.CC(=O)Nc1cccc(CNc2ccccc2Oc2ccc(Cl)cc2)c1.CC(=O)Nc1ccccc1CNc1cc(F)ccc1Oc1ccc(Cl)cc1. The first kappa shape index (κ1) is 85.0. The molecule has 600 valence electrons. The number of halogens is 5. The van der Waals surface area contributed by atoms with Gasteiger partial charge in [-0.15, -0.1) is 0 Å². The molecule has 2 aliphatic heterocycles. The van der Waals surface area contributed by atoms with Crippen LogP contribution in [0.3, 0.4) is 0 Å². The van der Waals surface area contributed by atoms with Crippen LogP contribution in [0.4, 0.5) is 49.9 Å². The number of para-hydroxylation sites is 8. The number of hydrogen-bond donors (Lipinski definition) is 7. The van der Waals surface area contributed by atoms with E-state index in [1.54, 1.807) is 104 Å². The van der Waals surface area contributed by atoms with Gasteiger partial charge in [-0.3, -0.25) is 24.0 Å². The maximum Gasteiger partial charge on any atom is 0.231 e. The molecule has 0 atom stereocenters. The molecular weight excluding hydrogens is 1570 g/mol. The molecule has 0 unspecified atom stereocenters. The van der Waals surface area contributed by atoms with Gasteiger partial charge in [-0.25, -0.2) is 4.39 Å². The number of nitrogens with one attached hydrogen (secondary N) is 7. The molecule has 0 saturated carbocycles. The summed E-state index contributed by atoms with van der Waals surface area (Å²) >= 11 is 23.7. The first-order valence-electron chi connectivity index (χ1n) is 37.4. The quantitative estimate of drug-likeness (QED) is 0.0282. The molecule has 117 heavy (non-hydrogen) atoms. The molecular formula is C92H86Cl4FN9O11. The van der Waals surface area contributed by atoms with Crippen molar-refractivity contribution in [2.75, 3.05) is 62.0 Å². The highest BCUT2D eigenvalue weighted by molar-refractivity contribution is 6.31. The molecule has 2 heterocycles. The molecule has 25 heteroatoms. The lowest BCUT2D eigenvalue weighted by molar-refractivity contribution is -0.129. The summed E-state index contributed by atoms with van der Waals surface area (Å²) in [5.41, 5.74) is 9.84. The molecule has 0 spiro atoms. The Kier molecular flexibility index (Phi) is 30.8. The Bertz CT molecular complexity index is 5370. The van der Waals surface area contributed by atoms with Crippen LogP contribution in [0.1, 0.15) is 69.7 Å². The number of carbonyl (C=O) groups is 5. The van der Waals surface area contributed by atoms with Gasteiger partial charge < -0.3 is 75.4 Å². The van der Waals surface area contributed by atoms with Crippen LogP contribution in [-0.4, -0.2) is 60.4 Å². The summed E-state index contributed by atoms with van der Waals surface area (Å²) in [4.78, 5) is 62.2. The minimum Gasteiger partial charge on any atom is -0.455 e. The summed E-state index contributed by atoms with van der Waals surface area (Å²) in [6.07, 6.45) is 1.78. The lowest BCUT2D eigenvalue weighted by Crippen LogP contribution is -2.41. The smallest absolute Gasteiger partial charge is 0.231 e. The highest BCUT2D eigenvalue weighted by Gasteiger charge is 2.25. The summed E-state index contributed by atoms with van der Waals surface area (Å²) < 4.78 is 48.5. The molecule has 0 aliphatic carbocycles. The van der Waals surface area contributed by atoms with Crippen molar-refractivity contribution in [2.45, 2.75) is 79.7 Å². The van der Waals surface area contributed by atoms with Crippen LogP contribution in [0.2, 0.25) is 20.1 Å². The number of piperidine rings is 1. The van der Waals surface area contributed by atoms with Crippen molar-refractivity contribution in [3.63, 3.8) is 0 Å². The second kappa shape index (κ2) is 42.4. The fraction of sp³-hybridized carbons (Fsp3) is 0.163. The maximum absolute atomic E-state index is 13.7. The molecule has 14 rings (SSSR count). The van der Waals surface area contributed by atoms with Crippen LogP contribution >= 0.6 is 46.4 Å². The third-order valence-corrected chi connectivity index (χ3v) is 19.0. The fourth-order valence-electron chi connectivity index (χ4n) is 12.3. The van der Waals surface area contributed by atoms with Gasteiger partial charge in [0, 0.05) is 128 Å². The normalized spacial score (nSPS) is 11.7. The van der Waals surface area contributed by atoms with Crippen LogP contribution in [0.15, 0.2) is 273 Å². The molecule has 2 aliphatic rings. The van der Waals surface area contributed by atoms with Gasteiger partial charge >= 0.3 is 0 Å². The molecule has 0 bridgehead atoms. The first-order chi connectivity index (χ1) is 56.6. The Labute approximate surface area is 699 Å². The molecule has 12 aromatic rings. The van der Waals surface area contributed by atoms with E-state index in [0.717, 1.165) is 82.4 Å². The zero-order valence-electron chi connectivity index (χ0n) is 64.7. The lowest BCUT2D eigenvalue weighted by Gasteiger charge is -2.33. The molecule has 1 fully saturated rings. The van der Waals surface area contributed by atoms with Crippen LogP contribution in [-0.2, 0) is 50.2 Å². The van der Waals surface area contributed by atoms with Gasteiger partial charge in [0.1, 0.15) is 28.8 Å². The van der Waals surface area contributed by atoms with Gasteiger partial charge in [0.2, 0.25) is 36.3 Å². The number of hydrogen-bond acceptors (Lipinski definition) is 15. The molecule has 20 nitrogen and oxygen atoms in total. The number of anilines is 8. The minimum absolute atomic E-state index is 0.0817. The van der Waals surface area contributed by atoms with E-state index < -0.39 is 0 Å². The van der Waals surface area contributed by atoms with E-state index in [-0.39, 0.29) is 48.2 Å². The monoisotopic (exact) mass is 1650 g/mol. The van der Waals surface area contributed by atoms with Crippen LogP contribution in [0, 0.1) is 5.82 Å². The number of fused-ring (bicyclic) bond motifs is 1. The molecule has 0 aromatic heterocycles. The average molecular weight is 1650 g/mol. The van der Waals surface area contributed by atoms with E-state index in [2.05, 4.69) is 37.2 Å². The predicted molar refractivity (Wildman–Crippen MR) is 464 cm³/mol. The summed E-state index contributed by atoms with van der Waals surface area (Å²) in [5, 5.41) is 24.5. The van der Waals surface area contributed by atoms with E-state index in [1.807, 2.05) is 181 Å². The average Bonchev–Trinajstić information content (AvgIpc) is 1.80. The number of likely N-dealkylation sites (tertiary alicyclic amines) is 1. The Hall–Kier alpha value is -12.9. The van der Waals surface area contributed by atoms with E-state index in [9.17, 15) is 28.4 Å². The first-order valence-corrected chi connectivity index (χ1v) is 38.9. The maximum atomic E-state index is 13.7. The Balaban J connectivity index is 0.000000154. The number of amides is 5. The predicted octanol–water partition coefficient (Wildman–Crippen LogP) is 23.1. The Morgan fingerprint density at radius 3 is 1.38 bits per heavy atom. The van der Waals surface area contributed by atoms with E-state index >= 15 is 0 Å². The number of rotatable bonds is 25. The molecule has 1 saturated heterocycles. The van der Waals surface area contributed by atoms with Crippen molar-refractivity contribution in [1.82, 2.24) is 4.90 Å². The van der Waals surface area contributed by atoms with Gasteiger partial charge in [0.15, 0.2) is 34.5 Å². The van der Waals surface area contributed by atoms with Crippen molar-refractivity contribution in [1.29, 1.82) is 0 Å². The van der Waals surface area contributed by atoms with Crippen molar-refractivity contribution < 1.29 is 56.8 Å². The summed E-state index contributed by atoms with van der Waals surface area (Å²) in [5.74, 6) is 5.66. The largest absolute Gasteiger partial charge is 0.455 e. The summed E-state index contributed by atoms with van der Waals surface area (Å²) in [6.45, 7) is 11.1. The lowest BCUT2D eigenvalue weighted by atomic mass is 10.0. The zero-order valence-corrected chi connectivity index (χ0v) is 67.7. The van der Waals surface area contributed by atoms with E-state index in [4.69, 9.17) is 74.8 Å². The van der Waals surface area contributed by atoms with Crippen molar-refractivity contribution >= 4 is 121 Å². The number of nitrogens with zero attached hydrogens (tertiary/aromatic N) is 2. The number of benzene rings is 12. The molecule has 7 N–H and O–H groups in total. The standard InChI is InChI=1S/C28H30ClN3O3.C22H19ClN2O4.C21H18ClFN2O2.C21H19ClN2O2/c1-20(33)31-17-15-24(16-18-31)30-26-8-4-3-7-22(26)19-32(21(2)34)27-9-5-6-10-28(27)35-25-13-11-23(29)12-14-25;1-14(26)25-19-11-22-21(27-13-28-22)10-15(19)12-24-18-4-2-3-5-20(18)29-17-8-6-16(23)7-9-17;1-14(26)25-19-5-3-2-4-15(19)13-24-20-12-17(23)8-11-21(20)27-18-9-6-16(22)7-10-18;1-15(25)24-18-6-4-5-16(13-18)14-23-20-7-2-3-8-21(20)26-19-11-9-17(22)10-12-19/h3-14,24,30H,15-19H2,1-2H3;2-11,24H,12-13H2,1H3,(H,25,26);2-12,24H,13H2,1H3,(H,25,26);2-13,23H,14H2,1H3,(H,24,25). The van der Waals surface area contributed by atoms with Gasteiger partial charge in [-0.2, -0.15) is 0 Å². The van der Waals surface area contributed by atoms with Gasteiger partial charge in [-0.1, -0.05) is 131 Å². The van der Waals surface area contributed by atoms with E-state index in [1.165, 1.54) is 32.9 Å². The van der Waals surface area contributed by atoms with Gasteiger partial charge in [-0.05, 0) is 211 Å². The molecule has 5 amide bonds. The molecule has 0 radical (unpaired) electrons. The van der Waals surface area contributed by atoms with Crippen LogP contribution in [0.5, 0.6) is 57.5 Å². The van der Waals surface area contributed by atoms with Crippen molar-refractivity contribution in [3.8, 4) is 57.5 Å². The molecule has 12 aromatic carbocycles. The van der Waals surface area contributed by atoms with Crippen LogP contribution < -0.4 is 70.5 Å². The van der Waals surface area contributed by atoms with Crippen molar-refractivity contribution in [2.24, 2.45) is 0 Å². The van der Waals surface area contributed by atoms with Crippen molar-refractivity contribution in [3.05, 3.63) is 321 Å². The second-order valence-electron chi connectivity index (χ2n) is 26.8.